The van der Waals surface area contributed by atoms with Gasteiger partial charge in [0, 0.05) is 0 Å². The van der Waals surface area contributed by atoms with Crippen molar-refractivity contribution in [1.29, 1.82) is 0 Å². The van der Waals surface area contributed by atoms with Crippen LogP contribution < -0.4 is 5.32 Å². The molecule has 0 saturated heterocycles. The summed E-state index contributed by atoms with van der Waals surface area (Å²) in [4.78, 5) is 2.22. The lowest BCUT2D eigenvalue weighted by Gasteiger charge is -2.09. The first-order chi connectivity index (χ1) is 6.79. The third-order valence-corrected chi connectivity index (χ3v) is 2.86. The SMILES string of the molecule is CN(C)CCCNCCc1ccsc1. The van der Waals surface area contributed by atoms with Crippen LogP contribution in [0.1, 0.15) is 12.0 Å². The smallest absolute Gasteiger partial charge is 0.000805 e. The molecule has 0 atom stereocenters. The van der Waals surface area contributed by atoms with E-state index in [0.717, 1.165) is 19.5 Å². The number of thiophene rings is 1. The van der Waals surface area contributed by atoms with Gasteiger partial charge in [-0.3, -0.25) is 0 Å². The van der Waals surface area contributed by atoms with Crippen molar-refractivity contribution in [2.24, 2.45) is 0 Å². The molecular weight excluding hydrogens is 192 g/mol. The van der Waals surface area contributed by atoms with Crippen molar-refractivity contribution in [3.8, 4) is 0 Å². The van der Waals surface area contributed by atoms with E-state index >= 15 is 0 Å². The Morgan fingerprint density at radius 3 is 2.86 bits per heavy atom. The molecule has 3 heteroatoms. The minimum absolute atomic E-state index is 1.10. The molecule has 0 bridgehead atoms. The van der Waals surface area contributed by atoms with Gasteiger partial charge in [0.25, 0.3) is 0 Å². The lowest BCUT2D eigenvalue weighted by Crippen LogP contribution is -2.22. The minimum atomic E-state index is 1.10. The van der Waals surface area contributed by atoms with Crippen molar-refractivity contribution in [2.75, 3.05) is 33.7 Å². The molecule has 0 unspecified atom stereocenters. The molecule has 1 N–H and O–H groups in total. The van der Waals surface area contributed by atoms with Crippen LogP contribution in [0.5, 0.6) is 0 Å². The monoisotopic (exact) mass is 212 g/mol. The van der Waals surface area contributed by atoms with E-state index in [1.54, 1.807) is 11.3 Å². The van der Waals surface area contributed by atoms with Gasteiger partial charge in [0.1, 0.15) is 0 Å². The molecule has 0 aromatic carbocycles. The molecule has 0 radical (unpaired) electrons. The zero-order chi connectivity index (χ0) is 10.2. The summed E-state index contributed by atoms with van der Waals surface area (Å²) in [6.45, 7) is 3.40. The van der Waals surface area contributed by atoms with Crippen molar-refractivity contribution in [3.63, 3.8) is 0 Å². The van der Waals surface area contributed by atoms with E-state index in [2.05, 4.69) is 41.1 Å². The van der Waals surface area contributed by atoms with Gasteiger partial charge in [0.2, 0.25) is 0 Å². The number of nitrogens with zero attached hydrogens (tertiary/aromatic N) is 1. The maximum Gasteiger partial charge on any atom is -0.000805 e. The first kappa shape index (κ1) is 11.7. The number of hydrogen-bond donors (Lipinski definition) is 1. The van der Waals surface area contributed by atoms with Crippen molar-refractivity contribution < 1.29 is 0 Å². The Hall–Kier alpha value is -0.380. The van der Waals surface area contributed by atoms with E-state index in [4.69, 9.17) is 0 Å². The lowest BCUT2D eigenvalue weighted by molar-refractivity contribution is 0.395. The normalized spacial score (nSPS) is 11.1. The second-order valence-corrected chi connectivity index (χ2v) is 4.57. The second-order valence-electron chi connectivity index (χ2n) is 3.79. The largest absolute Gasteiger partial charge is 0.316 e. The number of rotatable bonds is 7. The molecule has 80 valence electrons. The van der Waals surface area contributed by atoms with E-state index in [-0.39, 0.29) is 0 Å². The minimum Gasteiger partial charge on any atom is -0.316 e. The van der Waals surface area contributed by atoms with Gasteiger partial charge >= 0.3 is 0 Å². The molecule has 0 aliphatic heterocycles. The summed E-state index contributed by atoms with van der Waals surface area (Å²) < 4.78 is 0. The Labute approximate surface area is 90.9 Å². The van der Waals surface area contributed by atoms with Gasteiger partial charge in [-0.2, -0.15) is 11.3 Å². The first-order valence-electron chi connectivity index (χ1n) is 5.15. The molecule has 0 aliphatic rings. The Balaban J connectivity index is 1.90. The zero-order valence-electron chi connectivity index (χ0n) is 9.12. The highest BCUT2D eigenvalue weighted by molar-refractivity contribution is 7.07. The van der Waals surface area contributed by atoms with Crippen LogP contribution in [0.25, 0.3) is 0 Å². The molecule has 1 aromatic rings. The molecule has 1 aromatic heterocycles. The van der Waals surface area contributed by atoms with Crippen molar-refractivity contribution in [1.82, 2.24) is 10.2 Å². The van der Waals surface area contributed by atoms with Crippen LogP contribution in [0.3, 0.4) is 0 Å². The molecular formula is C11H20N2S. The Morgan fingerprint density at radius 1 is 1.36 bits per heavy atom. The van der Waals surface area contributed by atoms with Crippen LogP contribution in [-0.4, -0.2) is 38.6 Å². The van der Waals surface area contributed by atoms with E-state index in [1.807, 2.05) is 0 Å². The molecule has 1 heterocycles. The second kappa shape index (κ2) is 6.98. The summed E-state index contributed by atoms with van der Waals surface area (Å²) >= 11 is 1.78. The highest BCUT2D eigenvalue weighted by Crippen LogP contribution is 2.05. The average Bonchev–Trinajstić information content (AvgIpc) is 2.63. The summed E-state index contributed by atoms with van der Waals surface area (Å²) in [7, 11) is 4.23. The molecule has 2 nitrogen and oxygen atoms in total. The summed E-state index contributed by atoms with van der Waals surface area (Å²) in [5, 5.41) is 7.82. The number of hydrogen-bond acceptors (Lipinski definition) is 3. The third kappa shape index (κ3) is 5.37. The van der Waals surface area contributed by atoms with Gasteiger partial charge in [0.05, 0.1) is 0 Å². The predicted molar refractivity (Wildman–Crippen MR) is 64.1 cm³/mol. The standard InChI is InChI=1S/C11H20N2S/c1-13(2)8-3-6-12-7-4-11-5-9-14-10-11/h5,9-10,12H,3-4,6-8H2,1-2H3. The summed E-state index contributed by atoms with van der Waals surface area (Å²) in [6.07, 6.45) is 2.39. The van der Waals surface area contributed by atoms with E-state index in [1.165, 1.54) is 18.5 Å². The molecule has 0 saturated carbocycles. The Bertz CT molecular complexity index is 219. The van der Waals surface area contributed by atoms with Crippen LogP contribution in [0.4, 0.5) is 0 Å². The maximum absolute atomic E-state index is 3.46. The molecule has 0 aliphatic carbocycles. The van der Waals surface area contributed by atoms with Crippen molar-refractivity contribution >= 4 is 11.3 Å². The quantitative estimate of drug-likeness (QED) is 0.694. The van der Waals surface area contributed by atoms with Gasteiger partial charge in [-0.05, 0) is 69.0 Å². The van der Waals surface area contributed by atoms with Gasteiger partial charge < -0.3 is 10.2 Å². The molecule has 14 heavy (non-hydrogen) atoms. The summed E-state index contributed by atoms with van der Waals surface area (Å²) in [5.74, 6) is 0. The third-order valence-electron chi connectivity index (χ3n) is 2.13. The van der Waals surface area contributed by atoms with Crippen molar-refractivity contribution in [2.45, 2.75) is 12.8 Å². The van der Waals surface area contributed by atoms with E-state index in [9.17, 15) is 0 Å². The van der Waals surface area contributed by atoms with Gasteiger partial charge in [-0.1, -0.05) is 0 Å². The van der Waals surface area contributed by atoms with Crippen molar-refractivity contribution in [3.05, 3.63) is 22.4 Å². The average molecular weight is 212 g/mol. The van der Waals surface area contributed by atoms with Crippen LogP contribution in [0, 0.1) is 0 Å². The topological polar surface area (TPSA) is 15.3 Å². The molecule has 0 amide bonds. The fourth-order valence-electron chi connectivity index (χ4n) is 1.31. The van der Waals surface area contributed by atoms with Gasteiger partial charge in [-0.25, -0.2) is 0 Å². The predicted octanol–water partition coefficient (Wildman–Crippen LogP) is 1.83. The van der Waals surface area contributed by atoms with Gasteiger partial charge in [-0.15, -0.1) is 0 Å². The molecule has 0 fully saturated rings. The van der Waals surface area contributed by atoms with E-state index in [0.29, 0.717) is 0 Å². The fourth-order valence-corrected chi connectivity index (χ4v) is 2.02. The van der Waals surface area contributed by atoms with Crippen LogP contribution in [0.15, 0.2) is 16.8 Å². The van der Waals surface area contributed by atoms with Crippen LogP contribution >= 0.6 is 11.3 Å². The highest BCUT2D eigenvalue weighted by atomic mass is 32.1. The Morgan fingerprint density at radius 2 is 2.21 bits per heavy atom. The molecule has 1 rings (SSSR count). The maximum atomic E-state index is 3.46. The summed E-state index contributed by atoms with van der Waals surface area (Å²) in [5.41, 5.74) is 1.45. The van der Waals surface area contributed by atoms with Crippen LogP contribution in [0.2, 0.25) is 0 Å². The number of nitrogens with one attached hydrogen (secondary N) is 1. The molecule has 0 spiro atoms. The van der Waals surface area contributed by atoms with Gasteiger partial charge in [0.15, 0.2) is 0 Å². The van der Waals surface area contributed by atoms with Crippen LogP contribution in [-0.2, 0) is 6.42 Å². The van der Waals surface area contributed by atoms with E-state index < -0.39 is 0 Å². The zero-order valence-corrected chi connectivity index (χ0v) is 9.94. The highest BCUT2D eigenvalue weighted by Gasteiger charge is 1.93. The summed E-state index contributed by atoms with van der Waals surface area (Å²) in [6, 6.07) is 2.20. The first-order valence-corrected chi connectivity index (χ1v) is 6.10. The Kier molecular flexibility index (Phi) is 5.83. The fraction of sp³-hybridized carbons (Fsp3) is 0.636. The lowest BCUT2D eigenvalue weighted by atomic mass is 10.2.